The summed E-state index contributed by atoms with van der Waals surface area (Å²) in [6, 6.07) is 10.6. The van der Waals surface area contributed by atoms with E-state index < -0.39 is 18.1 Å². The van der Waals surface area contributed by atoms with Crippen molar-refractivity contribution < 1.29 is 20.2 Å². The van der Waals surface area contributed by atoms with E-state index in [1.54, 1.807) is 30.3 Å². The van der Waals surface area contributed by atoms with Crippen LogP contribution in [-0.2, 0) is 11.2 Å². The van der Waals surface area contributed by atoms with E-state index in [0.717, 1.165) is 0 Å². The smallest absolute Gasteiger partial charge is 0.250 e. The molecule has 150 valence electrons. The number of amides is 1. The molecule has 0 aromatic heterocycles. The minimum absolute atomic E-state index is 0.0503. The molecule has 1 heterocycles. The Balaban J connectivity index is 1.79. The van der Waals surface area contributed by atoms with Gasteiger partial charge in [-0.05, 0) is 41.8 Å². The van der Waals surface area contributed by atoms with E-state index in [-0.39, 0.29) is 12.2 Å². The summed E-state index contributed by atoms with van der Waals surface area (Å²) in [5.41, 5.74) is 1.23. The zero-order valence-electron chi connectivity index (χ0n) is 15.1. The largest absolute Gasteiger partial charge is 0.508 e. The van der Waals surface area contributed by atoms with Gasteiger partial charge in [0.05, 0.1) is 28.6 Å². The molecular formula is C20H22Cl2N2O4. The van der Waals surface area contributed by atoms with Crippen LogP contribution >= 0.6 is 23.2 Å². The van der Waals surface area contributed by atoms with Crippen molar-refractivity contribution in [2.45, 2.75) is 25.0 Å². The molecule has 0 saturated carbocycles. The molecule has 1 fully saturated rings. The van der Waals surface area contributed by atoms with Gasteiger partial charge in [-0.1, -0.05) is 41.4 Å². The molecule has 0 bridgehead atoms. The third kappa shape index (κ3) is 5.16. The van der Waals surface area contributed by atoms with Gasteiger partial charge in [-0.2, -0.15) is 0 Å². The maximum atomic E-state index is 12.7. The van der Waals surface area contributed by atoms with E-state index in [1.807, 2.05) is 4.90 Å². The molecule has 6 nitrogen and oxygen atoms in total. The number of hydrogen-bond donors (Lipinski definition) is 3. The lowest BCUT2D eigenvalue weighted by molar-refractivity contribution is -0.177. The van der Waals surface area contributed by atoms with Crippen molar-refractivity contribution in [2.24, 2.45) is 0 Å². The van der Waals surface area contributed by atoms with Gasteiger partial charge in [0.25, 0.3) is 5.91 Å². The SMILES string of the molecule is O=C(Cc1ccc(Cl)c(Cl)c1)N(O)[C@H](CN1CC[C@H](O)C1)c1cccc(O)c1. The maximum absolute atomic E-state index is 12.7. The highest BCUT2D eigenvalue weighted by atomic mass is 35.5. The molecule has 3 N–H and O–H groups in total. The van der Waals surface area contributed by atoms with Gasteiger partial charge < -0.3 is 10.2 Å². The lowest BCUT2D eigenvalue weighted by Crippen LogP contribution is -2.40. The number of phenolic OH excluding ortho intramolecular Hbond substituents is 1. The predicted molar refractivity (Wildman–Crippen MR) is 107 cm³/mol. The Morgan fingerprint density at radius 1 is 1.21 bits per heavy atom. The summed E-state index contributed by atoms with van der Waals surface area (Å²) in [6.07, 6.45) is 0.185. The highest BCUT2D eigenvalue weighted by molar-refractivity contribution is 6.42. The number of rotatable bonds is 6. The minimum atomic E-state index is -0.687. The van der Waals surface area contributed by atoms with Gasteiger partial charge in [0.15, 0.2) is 0 Å². The number of aliphatic hydroxyl groups excluding tert-OH is 1. The van der Waals surface area contributed by atoms with Crippen LogP contribution < -0.4 is 0 Å². The number of nitrogens with zero attached hydrogens (tertiary/aromatic N) is 2. The Bertz CT molecular complexity index is 849. The molecule has 0 radical (unpaired) electrons. The molecule has 0 unspecified atom stereocenters. The molecule has 1 aliphatic rings. The average Bonchev–Trinajstić information content (AvgIpc) is 3.07. The molecule has 8 heteroatoms. The highest BCUT2D eigenvalue weighted by Crippen LogP contribution is 2.27. The van der Waals surface area contributed by atoms with Gasteiger partial charge in [-0.3, -0.25) is 14.9 Å². The van der Waals surface area contributed by atoms with Crippen molar-refractivity contribution in [3.8, 4) is 5.75 Å². The zero-order valence-corrected chi connectivity index (χ0v) is 16.6. The van der Waals surface area contributed by atoms with Crippen molar-refractivity contribution in [1.82, 2.24) is 9.96 Å². The molecule has 1 amide bonds. The lowest BCUT2D eigenvalue weighted by Gasteiger charge is -2.30. The molecule has 0 aliphatic carbocycles. The molecule has 0 spiro atoms. The molecule has 28 heavy (non-hydrogen) atoms. The zero-order chi connectivity index (χ0) is 20.3. The van der Waals surface area contributed by atoms with Gasteiger partial charge in [-0.15, -0.1) is 0 Å². The molecular weight excluding hydrogens is 403 g/mol. The summed E-state index contributed by atoms with van der Waals surface area (Å²) in [5.74, 6) is -0.458. The fraction of sp³-hybridized carbons (Fsp3) is 0.350. The van der Waals surface area contributed by atoms with Crippen LogP contribution in [0.5, 0.6) is 5.75 Å². The molecule has 2 aromatic rings. The highest BCUT2D eigenvalue weighted by Gasteiger charge is 2.29. The van der Waals surface area contributed by atoms with Crippen LogP contribution in [0.2, 0.25) is 10.0 Å². The first-order valence-electron chi connectivity index (χ1n) is 8.97. The van der Waals surface area contributed by atoms with Gasteiger partial charge in [0, 0.05) is 19.6 Å². The van der Waals surface area contributed by atoms with E-state index in [4.69, 9.17) is 23.2 Å². The number of β-amino-alcohol motifs (C(OH)–C–C–N with tert-alkyl or cyclic N) is 1. The summed E-state index contributed by atoms with van der Waals surface area (Å²) >= 11 is 11.9. The van der Waals surface area contributed by atoms with Crippen molar-refractivity contribution in [2.75, 3.05) is 19.6 Å². The summed E-state index contributed by atoms with van der Waals surface area (Å²) in [7, 11) is 0. The second-order valence-corrected chi connectivity index (χ2v) is 7.79. The van der Waals surface area contributed by atoms with Crippen molar-refractivity contribution in [1.29, 1.82) is 0 Å². The van der Waals surface area contributed by atoms with Crippen LogP contribution in [0.4, 0.5) is 0 Å². The quantitative estimate of drug-likeness (QED) is 0.489. The minimum Gasteiger partial charge on any atom is -0.508 e. The molecule has 3 rings (SSSR count). The van der Waals surface area contributed by atoms with Crippen LogP contribution in [0.25, 0.3) is 0 Å². The Labute approximate surface area is 173 Å². The second-order valence-electron chi connectivity index (χ2n) is 6.98. The third-order valence-corrected chi connectivity index (χ3v) is 5.56. The molecule has 1 aliphatic heterocycles. The Morgan fingerprint density at radius 2 is 2.00 bits per heavy atom. The fourth-order valence-corrected chi connectivity index (χ4v) is 3.68. The van der Waals surface area contributed by atoms with E-state index in [1.165, 1.54) is 12.1 Å². The predicted octanol–water partition coefficient (Wildman–Crippen LogP) is 3.27. The summed E-state index contributed by atoms with van der Waals surface area (Å²) < 4.78 is 0. The summed E-state index contributed by atoms with van der Waals surface area (Å²) in [6.45, 7) is 1.49. The number of hydrogen-bond acceptors (Lipinski definition) is 5. The molecule has 2 aromatic carbocycles. The van der Waals surface area contributed by atoms with E-state index in [9.17, 15) is 20.2 Å². The first-order chi connectivity index (χ1) is 13.3. The number of carbonyl (C=O) groups is 1. The molecule has 1 saturated heterocycles. The first-order valence-corrected chi connectivity index (χ1v) is 9.73. The van der Waals surface area contributed by atoms with Crippen LogP contribution in [-0.4, -0.2) is 57.0 Å². The number of phenols is 1. The van der Waals surface area contributed by atoms with Crippen LogP contribution in [0.1, 0.15) is 23.6 Å². The Morgan fingerprint density at radius 3 is 2.64 bits per heavy atom. The fourth-order valence-electron chi connectivity index (χ4n) is 3.36. The topological polar surface area (TPSA) is 84.2 Å². The lowest BCUT2D eigenvalue weighted by atomic mass is 10.0. The number of aromatic hydroxyl groups is 1. The van der Waals surface area contributed by atoms with E-state index in [2.05, 4.69) is 0 Å². The van der Waals surface area contributed by atoms with Crippen LogP contribution in [0.3, 0.4) is 0 Å². The third-order valence-electron chi connectivity index (χ3n) is 4.82. The summed E-state index contributed by atoms with van der Waals surface area (Å²) in [5, 5.41) is 31.7. The number of benzene rings is 2. The maximum Gasteiger partial charge on any atom is 0.250 e. The van der Waals surface area contributed by atoms with Crippen LogP contribution in [0.15, 0.2) is 42.5 Å². The van der Waals surface area contributed by atoms with E-state index >= 15 is 0 Å². The summed E-state index contributed by atoms with van der Waals surface area (Å²) in [4.78, 5) is 14.7. The van der Waals surface area contributed by atoms with E-state index in [0.29, 0.717) is 52.3 Å². The van der Waals surface area contributed by atoms with Gasteiger partial charge in [-0.25, -0.2) is 5.06 Å². The number of halogens is 2. The Kier molecular flexibility index (Phi) is 6.80. The average molecular weight is 425 g/mol. The number of aliphatic hydroxyl groups is 1. The normalized spacial score (nSPS) is 18.2. The second kappa shape index (κ2) is 9.11. The number of hydroxylamine groups is 2. The number of carbonyl (C=O) groups excluding carboxylic acids is 1. The first kappa shape index (κ1) is 20.9. The Hall–Kier alpha value is -1.83. The monoisotopic (exact) mass is 424 g/mol. The van der Waals surface area contributed by atoms with Gasteiger partial charge in [0.2, 0.25) is 0 Å². The number of likely N-dealkylation sites (tertiary alicyclic amines) is 1. The van der Waals surface area contributed by atoms with Gasteiger partial charge in [0.1, 0.15) is 5.75 Å². The molecule has 2 atom stereocenters. The van der Waals surface area contributed by atoms with Gasteiger partial charge >= 0.3 is 0 Å². The van der Waals surface area contributed by atoms with Crippen molar-refractivity contribution >= 4 is 29.1 Å². The van der Waals surface area contributed by atoms with Crippen molar-refractivity contribution in [3.63, 3.8) is 0 Å². The van der Waals surface area contributed by atoms with Crippen LogP contribution in [0, 0.1) is 0 Å². The standard InChI is InChI=1S/C20H22Cl2N2O4/c21-17-5-4-13(8-18(17)22)9-20(27)24(28)19(12-23-7-6-16(26)11-23)14-2-1-3-15(25)10-14/h1-5,8,10,16,19,25-26,28H,6-7,9,11-12H2/t16-,19+/m0/s1. The van der Waals surface area contributed by atoms with Crippen molar-refractivity contribution in [3.05, 3.63) is 63.6 Å².